The summed E-state index contributed by atoms with van der Waals surface area (Å²) < 4.78 is 9.88. The Morgan fingerprint density at radius 2 is 1.59 bits per heavy atom. The minimum atomic E-state index is -1.94. The summed E-state index contributed by atoms with van der Waals surface area (Å²) in [6, 6.07) is 10.2. The van der Waals surface area contributed by atoms with Crippen LogP contribution in [0.1, 0.15) is 44.0 Å². The van der Waals surface area contributed by atoms with Crippen LogP contribution in [0.5, 0.6) is 0 Å². The summed E-state index contributed by atoms with van der Waals surface area (Å²) in [7, 11) is 0. The van der Waals surface area contributed by atoms with Gasteiger partial charge >= 0.3 is 11.9 Å². The third-order valence-electron chi connectivity index (χ3n) is 4.84. The van der Waals surface area contributed by atoms with Gasteiger partial charge in [0.1, 0.15) is 5.41 Å². The van der Waals surface area contributed by atoms with E-state index < -0.39 is 35.1 Å². The number of carbonyl (C=O) groups excluding carboxylic acids is 4. The number of rotatable bonds is 11. The molecule has 1 aromatic carbocycles. The summed E-state index contributed by atoms with van der Waals surface area (Å²) in [5.41, 5.74) is 4.00. The minimum Gasteiger partial charge on any atom is -0.465 e. The summed E-state index contributed by atoms with van der Waals surface area (Å²) in [4.78, 5) is 49.5. The third-order valence-corrected chi connectivity index (χ3v) is 4.84. The summed E-state index contributed by atoms with van der Waals surface area (Å²) in [6.45, 7) is 4.53. The molecule has 0 heterocycles. The van der Waals surface area contributed by atoms with Crippen LogP contribution >= 0.6 is 0 Å². The fraction of sp³-hybridized carbons (Fsp3) is 0.476. The van der Waals surface area contributed by atoms with Crippen molar-refractivity contribution < 1.29 is 28.7 Å². The first kappa shape index (κ1) is 23.8. The van der Waals surface area contributed by atoms with Gasteiger partial charge < -0.3 is 15.2 Å². The molecule has 0 aliphatic heterocycles. The molecule has 0 aliphatic carbocycles. The lowest BCUT2D eigenvalue weighted by atomic mass is 9.67. The number of Topliss-reactive ketones (excluding diaryl/α,β-unsaturated/α-hetero) is 1. The van der Waals surface area contributed by atoms with Gasteiger partial charge in [-0.05, 0) is 20.3 Å². The number of primary amides is 1. The fourth-order valence-corrected chi connectivity index (χ4v) is 3.12. The van der Waals surface area contributed by atoms with Crippen LogP contribution in [0.2, 0.25) is 0 Å². The molecule has 1 amide bonds. The highest BCUT2D eigenvalue weighted by Gasteiger charge is 2.51. The van der Waals surface area contributed by atoms with E-state index >= 15 is 0 Å². The topological polar surface area (TPSA) is 137 Å². The molecule has 29 heavy (non-hydrogen) atoms. The van der Waals surface area contributed by atoms with Gasteiger partial charge in [-0.15, -0.1) is 0 Å². The van der Waals surface area contributed by atoms with Crippen LogP contribution < -0.4 is 5.73 Å². The van der Waals surface area contributed by atoms with Crippen molar-refractivity contribution in [1.82, 2.24) is 0 Å². The van der Waals surface area contributed by atoms with Gasteiger partial charge in [-0.2, -0.15) is 5.26 Å². The quantitative estimate of drug-likeness (QED) is 0.339. The summed E-state index contributed by atoms with van der Waals surface area (Å²) in [5, 5.41) is 9.81. The van der Waals surface area contributed by atoms with Crippen LogP contribution in [0, 0.1) is 28.6 Å². The van der Waals surface area contributed by atoms with Gasteiger partial charge in [-0.1, -0.05) is 37.3 Å². The second kappa shape index (κ2) is 11.0. The molecule has 156 valence electrons. The molecule has 0 bridgehead atoms. The number of nitriles is 1. The summed E-state index contributed by atoms with van der Waals surface area (Å²) >= 11 is 0. The zero-order valence-electron chi connectivity index (χ0n) is 16.8. The number of hydrogen-bond acceptors (Lipinski definition) is 7. The largest absolute Gasteiger partial charge is 0.465 e. The Balaban J connectivity index is 3.22. The summed E-state index contributed by atoms with van der Waals surface area (Å²) in [5.74, 6) is -5.81. The van der Waals surface area contributed by atoms with Crippen LogP contribution in [0.15, 0.2) is 30.3 Å². The molecule has 0 saturated heterocycles. The Bertz CT molecular complexity index is 768. The second-order valence-corrected chi connectivity index (χ2v) is 6.51. The lowest BCUT2D eigenvalue weighted by Crippen LogP contribution is -2.48. The SMILES string of the molecule is CCOC(=O)C(C(=O)OCC)[C@@H](C)[C@](C#N)(CCC(=O)c1ccccc1)C(N)=O. The molecule has 0 fully saturated rings. The minimum absolute atomic E-state index is 0.00404. The van der Waals surface area contributed by atoms with E-state index in [1.165, 1.54) is 6.92 Å². The highest BCUT2D eigenvalue weighted by Crippen LogP contribution is 2.38. The van der Waals surface area contributed by atoms with E-state index in [1.807, 2.05) is 6.07 Å². The maximum atomic E-state index is 12.5. The van der Waals surface area contributed by atoms with Crippen LogP contribution in [0.3, 0.4) is 0 Å². The van der Waals surface area contributed by atoms with Crippen LogP contribution in [0.25, 0.3) is 0 Å². The first-order chi connectivity index (χ1) is 13.7. The number of nitrogens with two attached hydrogens (primary N) is 1. The van der Waals surface area contributed by atoms with E-state index in [9.17, 15) is 24.4 Å². The van der Waals surface area contributed by atoms with Gasteiger partial charge in [0.05, 0.1) is 19.3 Å². The van der Waals surface area contributed by atoms with E-state index in [-0.39, 0.29) is 31.8 Å². The Labute approximate surface area is 170 Å². The number of ether oxygens (including phenoxy) is 2. The number of benzene rings is 1. The fourth-order valence-electron chi connectivity index (χ4n) is 3.12. The van der Waals surface area contributed by atoms with Crippen molar-refractivity contribution in [2.24, 2.45) is 23.0 Å². The van der Waals surface area contributed by atoms with E-state index in [1.54, 1.807) is 44.2 Å². The van der Waals surface area contributed by atoms with E-state index in [0.29, 0.717) is 5.56 Å². The maximum Gasteiger partial charge on any atom is 0.320 e. The highest BCUT2D eigenvalue weighted by molar-refractivity contribution is 5.98. The van der Waals surface area contributed by atoms with Crippen LogP contribution in [-0.2, 0) is 23.9 Å². The standard InChI is InChI=1S/C21H26N2O6/c1-4-28-18(25)17(19(26)29-5-2)14(3)21(13-22,20(23)27)12-11-16(24)15-9-7-6-8-10-15/h6-10,14,17H,4-5,11-12H2,1-3H3,(H2,23,27)/t14-,21-/m1/s1. The van der Waals surface area contributed by atoms with Crippen molar-refractivity contribution >= 4 is 23.6 Å². The Morgan fingerprint density at radius 3 is 2.00 bits per heavy atom. The highest BCUT2D eigenvalue weighted by atomic mass is 16.6. The van der Waals surface area contributed by atoms with Gasteiger partial charge in [0.25, 0.3) is 0 Å². The normalized spacial score (nSPS) is 13.6. The van der Waals surface area contributed by atoms with E-state index in [4.69, 9.17) is 15.2 Å². The molecular weight excluding hydrogens is 376 g/mol. The molecule has 8 nitrogen and oxygen atoms in total. The maximum absolute atomic E-state index is 12.5. The molecule has 0 saturated carbocycles. The first-order valence-corrected chi connectivity index (χ1v) is 9.37. The number of esters is 2. The number of ketones is 1. The predicted molar refractivity (Wildman–Crippen MR) is 103 cm³/mol. The zero-order valence-corrected chi connectivity index (χ0v) is 16.8. The van der Waals surface area contributed by atoms with Gasteiger partial charge in [-0.25, -0.2) is 0 Å². The lowest BCUT2D eigenvalue weighted by Gasteiger charge is -2.33. The molecule has 2 N–H and O–H groups in total. The van der Waals surface area contributed by atoms with Crippen molar-refractivity contribution in [3.8, 4) is 6.07 Å². The average molecular weight is 402 g/mol. The summed E-state index contributed by atoms with van der Waals surface area (Å²) in [6.07, 6.45) is -0.410. The molecule has 0 aromatic heterocycles. The van der Waals surface area contributed by atoms with Gasteiger partial charge in [0.2, 0.25) is 5.91 Å². The average Bonchev–Trinajstić information content (AvgIpc) is 2.69. The number of carbonyl (C=O) groups is 4. The third kappa shape index (κ3) is 5.64. The molecular formula is C21H26N2O6. The number of hydrogen-bond donors (Lipinski definition) is 1. The molecule has 1 aromatic rings. The zero-order chi connectivity index (χ0) is 22.0. The molecule has 0 aliphatic rings. The molecule has 0 radical (unpaired) electrons. The Hall–Kier alpha value is -3.21. The number of amides is 1. The lowest BCUT2D eigenvalue weighted by molar-refractivity contribution is -0.166. The van der Waals surface area contributed by atoms with Gasteiger partial charge in [0.15, 0.2) is 11.7 Å². The smallest absolute Gasteiger partial charge is 0.320 e. The Morgan fingerprint density at radius 1 is 1.07 bits per heavy atom. The predicted octanol–water partition coefficient (Wildman–Crippen LogP) is 2.02. The monoisotopic (exact) mass is 402 g/mol. The molecule has 2 atom stereocenters. The van der Waals surface area contributed by atoms with E-state index in [2.05, 4.69) is 0 Å². The Kier molecular flexibility index (Phi) is 9.00. The number of nitrogens with zero attached hydrogens (tertiary/aromatic N) is 1. The molecule has 0 unspecified atom stereocenters. The van der Waals surface area contributed by atoms with E-state index in [0.717, 1.165) is 0 Å². The molecule has 0 spiro atoms. The molecule has 1 rings (SSSR count). The van der Waals surface area contributed by atoms with Crippen molar-refractivity contribution in [2.75, 3.05) is 13.2 Å². The van der Waals surface area contributed by atoms with Crippen molar-refractivity contribution in [3.63, 3.8) is 0 Å². The van der Waals surface area contributed by atoms with Crippen molar-refractivity contribution in [3.05, 3.63) is 35.9 Å². The second-order valence-electron chi connectivity index (χ2n) is 6.51. The molecule has 8 heteroatoms. The van der Waals surface area contributed by atoms with Gasteiger partial charge in [0, 0.05) is 17.9 Å². The first-order valence-electron chi connectivity index (χ1n) is 9.37. The van der Waals surface area contributed by atoms with Gasteiger partial charge in [-0.3, -0.25) is 19.2 Å². The van der Waals surface area contributed by atoms with Crippen molar-refractivity contribution in [1.29, 1.82) is 5.26 Å². The van der Waals surface area contributed by atoms with Crippen molar-refractivity contribution in [2.45, 2.75) is 33.6 Å². The van der Waals surface area contributed by atoms with Crippen LogP contribution in [-0.4, -0.2) is 36.8 Å². The van der Waals surface area contributed by atoms with Crippen LogP contribution in [0.4, 0.5) is 0 Å².